The number of carbonyl (C=O) groups is 3. The number of piperidine rings is 1. The summed E-state index contributed by atoms with van der Waals surface area (Å²) < 4.78 is 10.1. The number of nitrogens with zero attached hydrogens (tertiary/aromatic N) is 1. The largest absolute Gasteiger partial charge is 0.497 e. The molecule has 26 heavy (non-hydrogen) atoms. The van der Waals surface area contributed by atoms with Crippen molar-refractivity contribution in [3.8, 4) is 5.75 Å². The van der Waals surface area contributed by atoms with Crippen LogP contribution in [-0.2, 0) is 0 Å². The van der Waals surface area contributed by atoms with E-state index in [0.29, 0.717) is 37.2 Å². The third-order valence-corrected chi connectivity index (χ3v) is 4.56. The molecular formula is C19H19NO6. The highest BCUT2D eigenvalue weighted by molar-refractivity contribution is 5.98. The summed E-state index contributed by atoms with van der Waals surface area (Å²) in [4.78, 5) is 37.4. The molecule has 2 heterocycles. The first-order chi connectivity index (χ1) is 12.5. The molecule has 1 aliphatic rings. The van der Waals surface area contributed by atoms with Gasteiger partial charge in [0, 0.05) is 24.6 Å². The molecule has 0 unspecified atom stereocenters. The Balaban J connectivity index is 1.60. The van der Waals surface area contributed by atoms with E-state index in [1.807, 2.05) is 0 Å². The van der Waals surface area contributed by atoms with Gasteiger partial charge in [-0.3, -0.25) is 9.59 Å². The lowest BCUT2D eigenvalue weighted by atomic mass is 9.89. The van der Waals surface area contributed by atoms with Gasteiger partial charge in [-0.1, -0.05) is 0 Å². The van der Waals surface area contributed by atoms with Crippen LogP contribution in [0.1, 0.15) is 44.3 Å². The molecule has 1 amide bonds. The summed E-state index contributed by atoms with van der Waals surface area (Å²) in [7, 11) is 1.57. The minimum absolute atomic E-state index is 0.00216. The molecule has 0 spiro atoms. The summed E-state index contributed by atoms with van der Waals surface area (Å²) in [5.74, 6) is -1.22. The number of hydrogen-bond acceptors (Lipinski definition) is 5. The second-order valence-electron chi connectivity index (χ2n) is 6.13. The maximum atomic E-state index is 12.6. The molecule has 1 aromatic carbocycles. The maximum absolute atomic E-state index is 12.6. The first kappa shape index (κ1) is 17.7. The fraction of sp³-hybridized carbons (Fsp3) is 0.316. The van der Waals surface area contributed by atoms with E-state index in [2.05, 4.69) is 0 Å². The molecule has 1 saturated heterocycles. The number of likely N-dealkylation sites (tertiary alicyclic amines) is 1. The van der Waals surface area contributed by atoms with E-state index in [0.717, 1.165) is 0 Å². The quantitative estimate of drug-likeness (QED) is 0.827. The number of hydrogen-bond donors (Lipinski definition) is 1. The minimum Gasteiger partial charge on any atom is -0.497 e. The Labute approximate surface area is 150 Å². The van der Waals surface area contributed by atoms with E-state index in [9.17, 15) is 14.4 Å². The van der Waals surface area contributed by atoms with Gasteiger partial charge in [-0.2, -0.15) is 0 Å². The SMILES string of the molecule is COc1ccc(C(=O)C2CCN(C(=O)c3ccc(C(=O)O)o3)CC2)cc1. The predicted octanol–water partition coefficient (Wildman–Crippen LogP) is 2.72. The lowest BCUT2D eigenvalue weighted by molar-refractivity contribution is 0.0606. The molecule has 7 heteroatoms. The number of carbonyl (C=O) groups excluding carboxylic acids is 2. The molecule has 2 aromatic rings. The molecular weight excluding hydrogens is 338 g/mol. The Morgan fingerprint density at radius 1 is 1.04 bits per heavy atom. The third-order valence-electron chi connectivity index (χ3n) is 4.56. The lowest BCUT2D eigenvalue weighted by Gasteiger charge is -2.30. The van der Waals surface area contributed by atoms with E-state index < -0.39 is 5.97 Å². The zero-order valence-corrected chi connectivity index (χ0v) is 14.3. The lowest BCUT2D eigenvalue weighted by Crippen LogP contribution is -2.40. The average molecular weight is 357 g/mol. The van der Waals surface area contributed by atoms with Crippen molar-refractivity contribution >= 4 is 17.7 Å². The summed E-state index contributed by atoms with van der Waals surface area (Å²) in [5, 5.41) is 8.86. The summed E-state index contributed by atoms with van der Waals surface area (Å²) in [6.07, 6.45) is 1.12. The second-order valence-corrected chi connectivity index (χ2v) is 6.13. The van der Waals surface area contributed by atoms with Crippen LogP contribution >= 0.6 is 0 Å². The van der Waals surface area contributed by atoms with Crippen molar-refractivity contribution in [3.05, 3.63) is 53.5 Å². The van der Waals surface area contributed by atoms with Gasteiger partial charge in [0.15, 0.2) is 11.5 Å². The topological polar surface area (TPSA) is 97.0 Å². The number of ether oxygens (including phenoxy) is 1. The predicted molar refractivity (Wildman–Crippen MR) is 91.6 cm³/mol. The van der Waals surface area contributed by atoms with Crippen LogP contribution in [0.25, 0.3) is 0 Å². The molecule has 1 aliphatic heterocycles. The average Bonchev–Trinajstić information content (AvgIpc) is 3.17. The molecule has 0 aliphatic carbocycles. The highest BCUT2D eigenvalue weighted by atomic mass is 16.5. The van der Waals surface area contributed by atoms with Crippen LogP contribution in [0.5, 0.6) is 5.75 Å². The van der Waals surface area contributed by atoms with Crippen LogP contribution in [0.15, 0.2) is 40.8 Å². The molecule has 7 nitrogen and oxygen atoms in total. The molecule has 1 fully saturated rings. The molecule has 3 rings (SSSR count). The number of rotatable bonds is 5. The summed E-state index contributed by atoms with van der Waals surface area (Å²) in [6, 6.07) is 9.62. The van der Waals surface area contributed by atoms with Crippen molar-refractivity contribution < 1.29 is 28.6 Å². The first-order valence-corrected chi connectivity index (χ1v) is 8.30. The van der Waals surface area contributed by atoms with Gasteiger partial charge < -0.3 is 19.2 Å². The smallest absolute Gasteiger partial charge is 0.371 e. The van der Waals surface area contributed by atoms with Crippen LogP contribution in [-0.4, -0.2) is 47.9 Å². The van der Waals surface area contributed by atoms with Crippen LogP contribution in [0.3, 0.4) is 0 Å². The first-order valence-electron chi connectivity index (χ1n) is 8.30. The molecule has 1 aromatic heterocycles. The van der Waals surface area contributed by atoms with E-state index in [1.54, 1.807) is 36.3 Å². The molecule has 136 valence electrons. The Kier molecular flexibility index (Phi) is 5.06. The number of Topliss-reactive ketones (excluding diaryl/α,β-unsaturated/α-hetero) is 1. The fourth-order valence-electron chi connectivity index (χ4n) is 3.06. The van der Waals surface area contributed by atoms with Crippen molar-refractivity contribution in [2.24, 2.45) is 5.92 Å². The van der Waals surface area contributed by atoms with Crippen molar-refractivity contribution in [1.29, 1.82) is 0 Å². The van der Waals surface area contributed by atoms with Crippen LogP contribution in [0.2, 0.25) is 0 Å². The monoisotopic (exact) mass is 357 g/mol. The van der Waals surface area contributed by atoms with E-state index in [1.165, 1.54) is 12.1 Å². The zero-order chi connectivity index (χ0) is 18.7. The molecule has 0 bridgehead atoms. The van der Waals surface area contributed by atoms with Gasteiger partial charge in [0.05, 0.1) is 7.11 Å². The Bertz CT molecular complexity index is 815. The number of benzene rings is 1. The van der Waals surface area contributed by atoms with E-state index in [-0.39, 0.29) is 29.1 Å². The van der Waals surface area contributed by atoms with Gasteiger partial charge in [0.25, 0.3) is 5.91 Å². The Morgan fingerprint density at radius 2 is 1.65 bits per heavy atom. The summed E-state index contributed by atoms with van der Waals surface area (Å²) >= 11 is 0. The van der Waals surface area contributed by atoms with Gasteiger partial charge in [-0.25, -0.2) is 4.79 Å². The normalized spacial score (nSPS) is 14.9. The Morgan fingerprint density at radius 3 is 2.19 bits per heavy atom. The zero-order valence-electron chi connectivity index (χ0n) is 14.3. The van der Waals surface area contributed by atoms with Gasteiger partial charge in [0.1, 0.15) is 5.75 Å². The number of ketones is 1. The van der Waals surface area contributed by atoms with Crippen molar-refractivity contribution in [2.75, 3.05) is 20.2 Å². The maximum Gasteiger partial charge on any atom is 0.371 e. The number of carboxylic acid groups (broad SMARTS) is 1. The van der Waals surface area contributed by atoms with Crippen LogP contribution in [0, 0.1) is 5.92 Å². The number of furan rings is 1. The van der Waals surface area contributed by atoms with E-state index >= 15 is 0 Å². The van der Waals surface area contributed by atoms with Crippen molar-refractivity contribution in [3.63, 3.8) is 0 Å². The standard InChI is InChI=1S/C19H19NO6/c1-25-14-4-2-12(3-5-14)17(21)13-8-10-20(11-9-13)18(22)15-6-7-16(26-15)19(23)24/h2-7,13H,8-11H2,1H3,(H,23,24). The molecule has 1 N–H and O–H groups in total. The Hall–Kier alpha value is -3.09. The highest BCUT2D eigenvalue weighted by Crippen LogP contribution is 2.24. The van der Waals surface area contributed by atoms with E-state index in [4.69, 9.17) is 14.3 Å². The number of methoxy groups -OCH3 is 1. The fourth-order valence-corrected chi connectivity index (χ4v) is 3.06. The van der Waals surface area contributed by atoms with Crippen LogP contribution in [0.4, 0.5) is 0 Å². The second kappa shape index (κ2) is 7.43. The highest BCUT2D eigenvalue weighted by Gasteiger charge is 2.29. The number of aromatic carboxylic acids is 1. The summed E-state index contributed by atoms with van der Waals surface area (Å²) in [5.41, 5.74) is 0.632. The van der Waals surface area contributed by atoms with Gasteiger partial charge in [-0.15, -0.1) is 0 Å². The van der Waals surface area contributed by atoms with Crippen molar-refractivity contribution in [2.45, 2.75) is 12.8 Å². The number of carboxylic acids is 1. The van der Waals surface area contributed by atoms with Gasteiger partial charge >= 0.3 is 5.97 Å². The third kappa shape index (κ3) is 3.61. The number of amides is 1. The molecule has 0 saturated carbocycles. The molecule has 0 radical (unpaired) electrons. The van der Waals surface area contributed by atoms with Gasteiger partial charge in [0.2, 0.25) is 5.76 Å². The van der Waals surface area contributed by atoms with Crippen molar-refractivity contribution in [1.82, 2.24) is 4.90 Å². The summed E-state index contributed by atoms with van der Waals surface area (Å²) in [6.45, 7) is 0.850. The minimum atomic E-state index is -1.21. The molecule has 0 atom stereocenters. The van der Waals surface area contributed by atoms with Crippen LogP contribution < -0.4 is 4.74 Å². The van der Waals surface area contributed by atoms with Gasteiger partial charge in [-0.05, 0) is 49.2 Å².